The van der Waals surface area contributed by atoms with Gasteiger partial charge < -0.3 is 16.0 Å². The van der Waals surface area contributed by atoms with Crippen molar-refractivity contribution in [2.75, 3.05) is 18.4 Å². The topological polar surface area (TPSA) is 98.9 Å². The standard InChI is InChI=1S/C19H25N5O2.2ClH/c25-17(7-6-14-8-11-20-12-9-14)23-18(15-4-2-1-3-5-15)19(26)22-16-10-13-21-24-16;;/h1-5,10,13-14,18,20H,6-9,11-12H2,(H,23,25)(H2,21,22,24,26);2*1H. The van der Waals surface area contributed by atoms with Crippen LogP contribution < -0.4 is 16.0 Å². The molecule has 0 radical (unpaired) electrons. The van der Waals surface area contributed by atoms with E-state index in [-0.39, 0.29) is 36.6 Å². The van der Waals surface area contributed by atoms with Crippen molar-refractivity contribution in [3.05, 3.63) is 48.2 Å². The average Bonchev–Trinajstić information content (AvgIpc) is 3.19. The van der Waals surface area contributed by atoms with Crippen LogP contribution in [0.4, 0.5) is 5.82 Å². The van der Waals surface area contributed by atoms with Gasteiger partial charge in [0.15, 0.2) is 0 Å². The molecule has 1 aliphatic heterocycles. The largest absolute Gasteiger partial charge is 0.341 e. The van der Waals surface area contributed by atoms with Crippen molar-refractivity contribution in [3.63, 3.8) is 0 Å². The molecule has 28 heavy (non-hydrogen) atoms. The first-order valence-electron chi connectivity index (χ1n) is 9.07. The van der Waals surface area contributed by atoms with E-state index in [4.69, 9.17) is 0 Å². The number of hydrogen-bond donors (Lipinski definition) is 4. The lowest BCUT2D eigenvalue weighted by molar-refractivity contribution is -0.126. The highest BCUT2D eigenvalue weighted by Gasteiger charge is 2.23. The molecule has 1 aliphatic rings. The number of anilines is 1. The Balaban J connectivity index is 0.00000196. The smallest absolute Gasteiger partial charge is 0.252 e. The second-order valence-electron chi connectivity index (χ2n) is 6.60. The van der Waals surface area contributed by atoms with E-state index in [1.807, 2.05) is 30.3 Å². The third kappa shape index (κ3) is 7.14. The van der Waals surface area contributed by atoms with Crippen LogP contribution in [0.2, 0.25) is 0 Å². The number of carbonyl (C=O) groups excluding carboxylic acids is 2. The van der Waals surface area contributed by atoms with E-state index in [0.29, 0.717) is 18.2 Å². The minimum atomic E-state index is -0.736. The van der Waals surface area contributed by atoms with Gasteiger partial charge in [-0.2, -0.15) is 5.10 Å². The lowest BCUT2D eigenvalue weighted by Gasteiger charge is -2.23. The van der Waals surface area contributed by atoms with Crippen molar-refractivity contribution in [2.45, 2.75) is 31.7 Å². The summed E-state index contributed by atoms with van der Waals surface area (Å²) in [5, 5.41) is 15.5. The molecular formula is C19H27Cl2N5O2. The molecule has 2 aromatic rings. The van der Waals surface area contributed by atoms with Crippen molar-refractivity contribution in [1.29, 1.82) is 0 Å². The molecule has 154 valence electrons. The second kappa shape index (κ2) is 12.4. The predicted molar refractivity (Wildman–Crippen MR) is 114 cm³/mol. The summed E-state index contributed by atoms with van der Waals surface area (Å²) >= 11 is 0. The molecule has 4 N–H and O–H groups in total. The molecule has 2 heterocycles. The van der Waals surface area contributed by atoms with E-state index in [2.05, 4.69) is 26.1 Å². The van der Waals surface area contributed by atoms with Gasteiger partial charge in [-0.3, -0.25) is 14.7 Å². The molecule has 1 saturated heterocycles. The van der Waals surface area contributed by atoms with Gasteiger partial charge in [0.2, 0.25) is 5.91 Å². The number of halogens is 2. The Morgan fingerprint density at radius 3 is 2.46 bits per heavy atom. The van der Waals surface area contributed by atoms with Gasteiger partial charge in [0.1, 0.15) is 11.9 Å². The number of nitrogens with zero attached hydrogens (tertiary/aromatic N) is 1. The molecule has 1 aromatic carbocycles. The number of hydrogen-bond acceptors (Lipinski definition) is 4. The van der Waals surface area contributed by atoms with Crippen molar-refractivity contribution in [3.8, 4) is 0 Å². The molecule has 0 saturated carbocycles. The van der Waals surface area contributed by atoms with Crippen LogP contribution in [0.15, 0.2) is 42.6 Å². The van der Waals surface area contributed by atoms with Crippen molar-refractivity contribution in [2.24, 2.45) is 5.92 Å². The molecule has 7 nitrogen and oxygen atoms in total. The summed E-state index contributed by atoms with van der Waals surface area (Å²) in [6.45, 7) is 2.04. The SMILES string of the molecule is Cl.Cl.O=C(CCC1CCNCC1)NC(C(=O)Nc1ccn[nH]1)c1ccccc1. The van der Waals surface area contributed by atoms with Gasteiger partial charge in [-0.05, 0) is 43.8 Å². The first kappa shape index (κ1) is 23.9. The van der Waals surface area contributed by atoms with Gasteiger partial charge in [0, 0.05) is 12.5 Å². The molecule has 0 bridgehead atoms. The Morgan fingerprint density at radius 2 is 1.82 bits per heavy atom. The summed E-state index contributed by atoms with van der Waals surface area (Å²) in [4.78, 5) is 25.1. The zero-order valence-electron chi connectivity index (χ0n) is 15.5. The molecular weight excluding hydrogens is 401 g/mol. The quantitative estimate of drug-likeness (QED) is 0.545. The summed E-state index contributed by atoms with van der Waals surface area (Å²) in [5.41, 5.74) is 0.750. The molecule has 0 spiro atoms. The molecule has 2 amide bonds. The maximum Gasteiger partial charge on any atom is 0.252 e. The first-order chi connectivity index (χ1) is 12.7. The summed E-state index contributed by atoms with van der Waals surface area (Å²) in [7, 11) is 0. The highest BCUT2D eigenvalue weighted by Crippen LogP contribution is 2.19. The number of piperidine rings is 1. The summed E-state index contributed by atoms with van der Waals surface area (Å²) < 4.78 is 0. The van der Waals surface area contributed by atoms with E-state index in [1.54, 1.807) is 12.3 Å². The summed E-state index contributed by atoms with van der Waals surface area (Å²) in [6, 6.07) is 10.2. The minimum Gasteiger partial charge on any atom is -0.341 e. The normalized spacial score (nSPS) is 14.9. The van der Waals surface area contributed by atoms with Crippen LogP contribution in [0.5, 0.6) is 0 Å². The third-order valence-corrected chi connectivity index (χ3v) is 4.70. The first-order valence-corrected chi connectivity index (χ1v) is 9.07. The number of benzene rings is 1. The van der Waals surface area contributed by atoms with E-state index in [1.165, 1.54) is 0 Å². The monoisotopic (exact) mass is 427 g/mol. The molecule has 3 rings (SSSR count). The van der Waals surface area contributed by atoms with Gasteiger partial charge in [0.05, 0.1) is 6.20 Å². The highest BCUT2D eigenvalue weighted by atomic mass is 35.5. The number of nitrogens with one attached hydrogen (secondary N) is 4. The van der Waals surface area contributed by atoms with Gasteiger partial charge in [-0.25, -0.2) is 0 Å². The fraction of sp³-hybridized carbons (Fsp3) is 0.421. The van der Waals surface area contributed by atoms with Crippen LogP contribution in [0.1, 0.15) is 37.3 Å². The van der Waals surface area contributed by atoms with Gasteiger partial charge in [-0.15, -0.1) is 24.8 Å². The maximum atomic E-state index is 12.7. The number of amides is 2. The second-order valence-corrected chi connectivity index (χ2v) is 6.60. The number of rotatable bonds is 7. The summed E-state index contributed by atoms with van der Waals surface area (Å²) in [5.74, 6) is 0.684. The van der Waals surface area contributed by atoms with Crippen LogP contribution in [-0.2, 0) is 9.59 Å². The van der Waals surface area contributed by atoms with Crippen LogP contribution in [-0.4, -0.2) is 35.1 Å². The predicted octanol–water partition coefficient (Wildman–Crippen LogP) is 2.83. The fourth-order valence-corrected chi connectivity index (χ4v) is 3.21. The Hall–Kier alpha value is -2.09. The fourth-order valence-electron chi connectivity index (χ4n) is 3.21. The average molecular weight is 428 g/mol. The lowest BCUT2D eigenvalue weighted by Crippen LogP contribution is -2.37. The van der Waals surface area contributed by atoms with Crippen LogP contribution in [0, 0.1) is 5.92 Å². The van der Waals surface area contributed by atoms with Crippen molar-refractivity contribution >= 4 is 42.4 Å². The Bertz CT molecular complexity index is 706. The van der Waals surface area contributed by atoms with Gasteiger partial charge >= 0.3 is 0 Å². The van der Waals surface area contributed by atoms with Crippen LogP contribution in [0.3, 0.4) is 0 Å². The highest BCUT2D eigenvalue weighted by molar-refractivity contribution is 5.97. The molecule has 1 aromatic heterocycles. The lowest BCUT2D eigenvalue weighted by atomic mass is 9.93. The number of H-pyrrole nitrogens is 1. The molecule has 1 fully saturated rings. The van der Waals surface area contributed by atoms with Crippen molar-refractivity contribution in [1.82, 2.24) is 20.8 Å². The minimum absolute atomic E-state index is 0. The van der Waals surface area contributed by atoms with Gasteiger partial charge in [0.25, 0.3) is 5.91 Å². The van der Waals surface area contributed by atoms with E-state index < -0.39 is 6.04 Å². The number of aromatic amines is 1. The number of aromatic nitrogens is 2. The van der Waals surface area contributed by atoms with Crippen LogP contribution >= 0.6 is 24.8 Å². The molecule has 1 atom stereocenters. The zero-order chi connectivity index (χ0) is 18.2. The van der Waals surface area contributed by atoms with E-state index >= 15 is 0 Å². The van der Waals surface area contributed by atoms with E-state index in [9.17, 15) is 9.59 Å². The zero-order valence-corrected chi connectivity index (χ0v) is 17.2. The van der Waals surface area contributed by atoms with Gasteiger partial charge in [-0.1, -0.05) is 30.3 Å². The molecule has 1 unspecified atom stereocenters. The molecule has 9 heteroatoms. The van der Waals surface area contributed by atoms with E-state index in [0.717, 1.165) is 37.9 Å². The molecule has 0 aliphatic carbocycles. The Labute approximate surface area is 177 Å². The summed E-state index contributed by atoms with van der Waals surface area (Å²) in [6.07, 6.45) is 5.07. The number of carbonyl (C=O) groups is 2. The Kier molecular flexibility index (Phi) is 10.6. The Morgan fingerprint density at radius 1 is 1.11 bits per heavy atom. The van der Waals surface area contributed by atoms with Crippen LogP contribution in [0.25, 0.3) is 0 Å². The maximum absolute atomic E-state index is 12.7. The van der Waals surface area contributed by atoms with Crippen molar-refractivity contribution < 1.29 is 9.59 Å². The third-order valence-electron chi connectivity index (χ3n) is 4.70.